The number of esters is 1. The molecule has 128 valence electrons. The number of para-hydroxylation sites is 1. The number of benzene rings is 1. The normalized spacial score (nSPS) is 11.9. The van der Waals surface area contributed by atoms with Crippen LogP contribution in [0.2, 0.25) is 0 Å². The maximum Gasteiger partial charge on any atom is 0.341 e. The Kier molecular flexibility index (Phi) is 4.29. The zero-order chi connectivity index (χ0) is 18.0. The van der Waals surface area contributed by atoms with Crippen LogP contribution >= 0.6 is 0 Å². The van der Waals surface area contributed by atoms with Crippen molar-refractivity contribution in [3.8, 4) is 0 Å². The summed E-state index contributed by atoms with van der Waals surface area (Å²) in [4.78, 5) is 39.3. The van der Waals surface area contributed by atoms with Crippen LogP contribution in [-0.2, 0) is 9.53 Å². The molecule has 25 heavy (non-hydrogen) atoms. The Balaban J connectivity index is 1.71. The van der Waals surface area contributed by atoms with E-state index in [9.17, 15) is 9.59 Å². The lowest BCUT2D eigenvalue weighted by molar-refractivity contribution is -0.123. The second kappa shape index (κ2) is 6.56. The minimum absolute atomic E-state index is 0.220. The van der Waals surface area contributed by atoms with Crippen molar-refractivity contribution in [1.29, 1.82) is 0 Å². The zero-order valence-electron chi connectivity index (χ0n) is 13.6. The summed E-state index contributed by atoms with van der Waals surface area (Å²) in [6.07, 6.45) is 1.68. The Morgan fingerprint density at radius 2 is 2.08 bits per heavy atom. The Morgan fingerprint density at radius 3 is 2.88 bits per heavy atom. The molecule has 2 aromatic heterocycles. The first-order valence-electron chi connectivity index (χ1n) is 7.48. The van der Waals surface area contributed by atoms with E-state index >= 15 is 0 Å². The predicted molar refractivity (Wildman–Crippen MR) is 90.8 cm³/mol. The van der Waals surface area contributed by atoms with E-state index in [4.69, 9.17) is 10.5 Å². The number of nitrogens with zero attached hydrogens (tertiary/aromatic N) is 3. The summed E-state index contributed by atoms with van der Waals surface area (Å²) in [5, 5.41) is 2.58. The highest BCUT2D eigenvalue weighted by Crippen LogP contribution is 2.19. The van der Waals surface area contributed by atoms with Crippen LogP contribution in [0.5, 0.6) is 0 Å². The highest BCUT2D eigenvalue weighted by Gasteiger charge is 2.22. The number of amides is 1. The summed E-state index contributed by atoms with van der Waals surface area (Å²) in [5.74, 6) is -0.946. The van der Waals surface area contributed by atoms with Crippen LogP contribution < -0.4 is 11.1 Å². The molecule has 0 spiro atoms. The lowest BCUT2D eigenvalue weighted by Gasteiger charge is -2.14. The van der Waals surface area contributed by atoms with Crippen LogP contribution in [-0.4, -0.2) is 37.9 Å². The SMILES string of the molecule is Cc1cccc(C(=O)O[C@H](C)C(=O)Nc2ncnc3nc[nH]c23)c1N. The number of nitrogens with two attached hydrogens (primary N) is 1. The number of carbonyl (C=O) groups is 2. The molecule has 0 aliphatic carbocycles. The van der Waals surface area contributed by atoms with Gasteiger partial charge in [-0.25, -0.2) is 19.7 Å². The molecule has 0 bridgehead atoms. The monoisotopic (exact) mass is 340 g/mol. The van der Waals surface area contributed by atoms with E-state index in [1.54, 1.807) is 25.1 Å². The number of rotatable bonds is 4. The van der Waals surface area contributed by atoms with Crippen molar-refractivity contribution in [2.45, 2.75) is 20.0 Å². The molecule has 0 aliphatic rings. The average Bonchev–Trinajstić information content (AvgIpc) is 3.06. The first-order valence-corrected chi connectivity index (χ1v) is 7.48. The fourth-order valence-electron chi connectivity index (χ4n) is 2.21. The quantitative estimate of drug-likeness (QED) is 0.483. The number of imidazole rings is 1. The van der Waals surface area contributed by atoms with Gasteiger partial charge in [-0.3, -0.25) is 4.79 Å². The van der Waals surface area contributed by atoms with Crippen molar-refractivity contribution in [3.63, 3.8) is 0 Å². The third kappa shape index (κ3) is 3.25. The molecule has 0 saturated heterocycles. The molecule has 0 aliphatic heterocycles. The number of aromatic nitrogens is 4. The van der Waals surface area contributed by atoms with Crippen LogP contribution in [0.3, 0.4) is 0 Å². The van der Waals surface area contributed by atoms with Gasteiger partial charge in [0.1, 0.15) is 11.8 Å². The van der Waals surface area contributed by atoms with E-state index in [1.165, 1.54) is 19.6 Å². The minimum Gasteiger partial charge on any atom is -0.449 e. The van der Waals surface area contributed by atoms with Crippen LogP contribution in [0.25, 0.3) is 11.2 Å². The number of hydrogen-bond acceptors (Lipinski definition) is 7. The smallest absolute Gasteiger partial charge is 0.341 e. The van der Waals surface area contributed by atoms with Gasteiger partial charge in [-0.05, 0) is 25.5 Å². The fraction of sp³-hybridized carbons (Fsp3) is 0.188. The lowest BCUT2D eigenvalue weighted by atomic mass is 10.1. The van der Waals surface area contributed by atoms with Gasteiger partial charge in [-0.15, -0.1) is 0 Å². The summed E-state index contributed by atoms with van der Waals surface area (Å²) in [7, 11) is 0. The number of anilines is 2. The molecule has 3 rings (SSSR count). The second-order valence-electron chi connectivity index (χ2n) is 5.40. The van der Waals surface area contributed by atoms with Crippen molar-refractivity contribution < 1.29 is 14.3 Å². The van der Waals surface area contributed by atoms with E-state index in [0.29, 0.717) is 16.9 Å². The first-order chi connectivity index (χ1) is 12.0. The van der Waals surface area contributed by atoms with Crippen molar-refractivity contribution in [2.75, 3.05) is 11.1 Å². The topological polar surface area (TPSA) is 136 Å². The van der Waals surface area contributed by atoms with E-state index in [2.05, 4.69) is 25.3 Å². The molecule has 0 saturated carbocycles. The number of carbonyl (C=O) groups excluding carboxylic acids is 2. The van der Waals surface area contributed by atoms with Crippen molar-refractivity contribution in [3.05, 3.63) is 42.0 Å². The molecular weight excluding hydrogens is 324 g/mol. The summed E-state index contributed by atoms with van der Waals surface area (Å²) in [6.45, 7) is 3.25. The number of hydrogen-bond donors (Lipinski definition) is 3. The van der Waals surface area contributed by atoms with Gasteiger partial charge in [0.25, 0.3) is 5.91 Å². The van der Waals surface area contributed by atoms with Gasteiger partial charge in [0.15, 0.2) is 17.6 Å². The van der Waals surface area contributed by atoms with Crippen molar-refractivity contribution >= 4 is 34.5 Å². The highest BCUT2D eigenvalue weighted by atomic mass is 16.5. The molecule has 0 fully saturated rings. The van der Waals surface area contributed by atoms with Gasteiger partial charge in [-0.1, -0.05) is 12.1 Å². The van der Waals surface area contributed by atoms with E-state index in [-0.39, 0.29) is 11.4 Å². The molecule has 1 amide bonds. The Morgan fingerprint density at radius 1 is 1.28 bits per heavy atom. The number of fused-ring (bicyclic) bond motifs is 1. The number of ether oxygens (including phenoxy) is 1. The van der Waals surface area contributed by atoms with Gasteiger partial charge < -0.3 is 20.8 Å². The number of aryl methyl sites for hydroxylation is 1. The molecule has 3 aromatic rings. The van der Waals surface area contributed by atoms with Crippen LogP contribution in [0.4, 0.5) is 11.5 Å². The zero-order valence-corrected chi connectivity index (χ0v) is 13.6. The third-order valence-electron chi connectivity index (χ3n) is 3.66. The molecule has 2 heterocycles. The van der Waals surface area contributed by atoms with E-state index in [0.717, 1.165) is 5.56 Å². The van der Waals surface area contributed by atoms with Crippen LogP contribution in [0, 0.1) is 6.92 Å². The standard InChI is InChI=1S/C16H16N6O3/c1-8-4-3-5-10(11(8)17)16(24)25-9(2)15(23)22-14-12-13(19-6-18-12)20-7-21-14/h3-7,9H,17H2,1-2H3,(H2,18,19,20,21,22,23)/t9-/m1/s1. The molecule has 9 heteroatoms. The van der Waals surface area contributed by atoms with Gasteiger partial charge in [0.05, 0.1) is 11.9 Å². The Bertz CT molecular complexity index is 952. The Hall–Kier alpha value is -3.49. The largest absolute Gasteiger partial charge is 0.449 e. The first kappa shape index (κ1) is 16.4. The third-order valence-corrected chi connectivity index (χ3v) is 3.66. The number of H-pyrrole nitrogens is 1. The number of nitrogens with one attached hydrogen (secondary N) is 2. The summed E-state index contributed by atoms with van der Waals surface area (Å²) >= 11 is 0. The summed E-state index contributed by atoms with van der Waals surface area (Å²) in [6, 6.07) is 5.03. The summed E-state index contributed by atoms with van der Waals surface area (Å²) < 4.78 is 5.20. The number of aromatic amines is 1. The number of nitrogen functional groups attached to an aromatic ring is 1. The summed E-state index contributed by atoms with van der Waals surface area (Å²) in [5.41, 5.74) is 8.09. The van der Waals surface area contributed by atoms with Gasteiger partial charge in [0, 0.05) is 5.69 Å². The average molecular weight is 340 g/mol. The van der Waals surface area contributed by atoms with Gasteiger partial charge in [0.2, 0.25) is 0 Å². The minimum atomic E-state index is -1.04. The van der Waals surface area contributed by atoms with E-state index in [1.807, 2.05) is 0 Å². The van der Waals surface area contributed by atoms with Crippen molar-refractivity contribution in [2.24, 2.45) is 0 Å². The van der Waals surface area contributed by atoms with Crippen molar-refractivity contribution in [1.82, 2.24) is 19.9 Å². The molecule has 1 aromatic carbocycles. The molecule has 0 unspecified atom stereocenters. The predicted octanol–water partition coefficient (Wildman–Crippen LogP) is 1.43. The van der Waals surface area contributed by atoms with Gasteiger partial charge in [-0.2, -0.15) is 0 Å². The van der Waals surface area contributed by atoms with Gasteiger partial charge >= 0.3 is 5.97 Å². The maximum atomic E-state index is 12.3. The van der Waals surface area contributed by atoms with E-state index < -0.39 is 18.0 Å². The highest BCUT2D eigenvalue weighted by molar-refractivity contribution is 6.01. The van der Waals surface area contributed by atoms with Crippen LogP contribution in [0.1, 0.15) is 22.8 Å². The maximum absolute atomic E-state index is 12.3. The lowest BCUT2D eigenvalue weighted by Crippen LogP contribution is -2.30. The van der Waals surface area contributed by atoms with Crippen LogP contribution in [0.15, 0.2) is 30.9 Å². The molecule has 4 N–H and O–H groups in total. The molecule has 0 radical (unpaired) electrons. The Labute approximate surface area is 142 Å². The second-order valence-corrected chi connectivity index (χ2v) is 5.40. The molecular formula is C16H16N6O3. The molecule has 9 nitrogen and oxygen atoms in total. The fourth-order valence-corrected chi connectivity index (χ4v) is 2.21. The molecule has 1 atom stereocenters.